The summed E-state index contributed by atoms with van der Waals surface area (Å²) < 4.78 is 2.34. The van der Waals surface area contributed by atoms with Crippen LogP contribution in [0.25, 0.3) is 75.8 Å². The normalized spacial score (nSPS) is 11.9. The first-order chi connectivity index (χ1) is 49.6. The van der Waals surface area contributed by atoms with E-state index in [9.17, 15) is 10.5 Å². The van der Waals surface area contributed by atoms with Gasteiger partial charge < -0.3 is 19.6 Å². The zero-order valence-corrected chi connectivity index (χ0v) is 55.0. The minimum atomic E-state index is -0.376. The summed E-state index contributed by atoms with van der Waals surface area (Å²) in [5.74, 6) is 0. The zero-order valence-electron chi connectivity index (χ0n) is 54.2. The number of rotatable bonds is 13. The summed E-state index contributed by atoms with van der Waals surface area (Å²) in [4.78, 5) is 10.00. The van der Waals surface area contributed by atoms with Crippen LogP contribution in [0.2, 0.25) is 0 Å². The third kappa shape index (κ3) is 10.1. The fourth-order valence-corrected chi connectivity index (χ4v) is 16.6. The summed E-state index contributed by atoms with van der Waals surface area (Å²) in [6.45, 7) is -0.376. The van der Waals surface area contributed by atoms with Gasteiger partial charge in [0.05, 0.1) is 40.3 Å². The molecule has 0 atom stereocenters. The molecule has 0 fully saturated rings. The van der Waals surface area contributed by atoms with Gasteiger partial charge >= 0.3 is 0 Å². The highest BCUT2D eigenvalue weighted by Crippen LogP contribution is 2.57. The van der Waals surface area contributed by atoms with E-state index < -0.39 is 0 Å². The van der Waals surface area contributed by atoms with Crippen molar-refractivity contribution in [2.75, 3.05) is 19.6 Å². The van der Waals surface area contributed by atoms with E-state index in [0.717, 1.165) is 140 Å². The molecule has 1 aromatic heterocycles. The van der Waals surface area contributed by atoms with Crippen molar-refractivity contribution in [3.63, 3.8) is 0 Å². The molecule has 0 N–H and O–H groups in total. The summed E-state index contributed by atoms with van der Waals surface area (Å²) in [6, 6.07) is 134. The Morgan fingerprint density at radius 1 is 0.300 bits per heavy atom. The van der Waals surface area contributed by atoms with Crippen molar-refractivity contribution in [1.82, 2.24) is 0 Å². The van der Waals surface area contributed by atoms with Gasteiger partial charge in [-0.05, 0) is 159 Å². The number of thiophene rings is 1. The molecular formula is C92H59BN6S. The number of anilines is 12. The Morgan fingerprint density at radius 2 is 0.680 bits per heavy atom. The molecule has 16 aromatic rings. The summed E-state index contributed by atoms with van der Waals surface area (Å²) in [7, 11) is 0. The molecular weight excluding hydrogens is 1230 g/mol. The van der Waals surface area contributed by atoms with Crippen molar-refractivity contribution in [1.29, 1.82) is 10.5 Å². The molecule has 466 valence electrons. The number of fused-ring (bicyclic) bond motifs is 8. The molecule has 0 unspecified atom stereocenters. The van der Waals surface area contributed by atoms with Crippen molar-refractivity contribution in [3.8, 4) is 67.8 Å². The first kappa shape index (κ1) is 59.3. The molecule has 100 heavy (non-hydrogen) atoms. The Morgan fingerprint density at radius 3 is 1.15 bits per heavy atom. The summed E-state index contributed by atoms with van der Waals surface area (Å²) >= 11 is 1.86. The van der Waals surface area contributed by atoms with E-state index in [4.69, 9.17) is 0 Å². The highest BCUT2D eigenvalue weighted by Gasteiger charge is 2.47. The molecule has 18 rings (SSSR count). The van der Waals surface area contributed by atoms with Gasteiger partial charge in [0.1, 0.15) is 0 Å². The van der Waals surface area contributed by atoms with E-state index in [1.807, 2.05) is 35.6 Å². The van der Waals surface area contributed by atoms with Crippen LogP contribution in [0.5, 0.6) is 0 Å². The van der Waals surface area contributed by atoms with Crippen LogP contribution < -0.4 is 36.0 Å². The lowest BCUT2D eigenvalue weighted by Crippen LogP contribution is -2.61. The lowest BCUT2D eigenvalue weighted by atomic mass is 9.33. The number of benzene rings is 15. The van der Waals surface area contributed by atoms with Gasteiger partial charge in [-0.1, -0.05) is 249 Å². The number of nitrogens with zero attached hydrogens (tertiary/aromatic N) is 6. The number of nitriles is 2. The first-order valence-electron chi connectivity index (χ1n) is 33.7. The van der Waals surface area contributed by atoms with Gasteiger partial charge in [0.15, 0.2) is 0 Å². The van der Waals surface area contributed by atoms with Crippen molar-refractivity contribution in [2.24, 2.45) is 0 Å². The zero-order chi connectivity index (χ0) is 66.6. The highest BCUT2D eigenvalue weighted by atomic mass is 32.1. The second kappa shape index (κ2) is 25.1. The van der Waals surface area contributed by atoms with Gasteiger partial charge in [0.25, 0.3) is 6.71 Å². The van der Waals surface area contributed by atoms with Crippen LogP contribution in [0.15, 0.2) is 358 Å². The van der Waals surface area contributed by atoms with Crippen LogP contribution >= 0.6 is 11.3 Å². The largest absolute Gasteiger partial charge is 0.310 e. The van der Waals surface area contributed by atoms with Gasteiger partial charge in [-0.3, -0.25) is 0 Å². The average Bonchev–Trinajstić information content (AvgIpc) is 1.05. The monoisotopic (exact) mass is 1290 g/mol. The smallest absolute Gasteiger partial charge is 0.254 e. The maximum atomic E-state index is 10.3. The molecule has 0 saturated carbocycles. The molecule has 0 bridgehead atoms. The number of hydrogen-bond acceptors (Lipinski definition) is 7. The van der Waals surface area contributed by atoms with Crippen LogP contribution in [0.3, 0.4) is 0 Å². The third-order valence-corrected chi connectivity index (χ3v) is 20.9. The molecule has 0 saturated heterocycles. The van der Waals surface area contributed by atoms with E-state index >= 15 is 0 Å². The first-order valence-corrected chi connectivity index (χ1v) is 34.5. The highest BCUT2D eigenvalue weighted by molar-refractivity contribution is 7.28. The van der Waals surface area contributed by atoms with Crippen LogP contribution in [-0.2, 0) is 0 Å². The molecule has 0 radical (unpaired) electrons. The van der Waals surface area contributed by atoms with Gasteiger partial charge in [0, 0.05) is 93.6 Å². The molecule has 0 spiro atoms. The predicted molar refractivity (Wildman–Crippen MR) is 419 cm³/mol. The average molecular weight is 1290 g/mol. The minimum absolute atomic E-state index is 0.376. The fourth-order valence-electron chi connectivity index (χ4n) is 15.3. The second-order valence-corrected chi connectivity index (χ2v) is 26.4. The quantitative estimate of drug-likeness (QED) is 0.107. The Bertz CT molecular complexity index is 5730. The minimum Gasteiger partial charge on any atom is -0.310 e. The Hall–Kier alpha value is -13.2. The topological polar surface area (TPSA) is 60.5 Å². The molecule has 15 aromatic carbocycles. The Kier molecular flexibility index (Phi) is 14.9. The van der Waals surface area contributed by atoms with E-state index in [1.165, 1.54) is 20.3 Å². The molecule has 0 amide bonds. The molecule has 2 aliphatic heterocycles. The van der Waals surface area contributed by atoms with Crippen LogP contribution in [0, 0.1) is 22.7 Å². The second-order valence-electron chi connectivity index (χ2n) is 25.3. The Labute approximate surface area is 586 Å². The molecule has 2 aliphatic rings. The number of hydrogen-bond donors (Lipinski definition) is 0. The Balaban J connectivity index is 1.06. The van der Waals surface area contributed by atoms with Gasteiger partial charge in [-0.2, -0.15) is 10.5 Å². The van der Waals surface area contributed by atoms with Crippen molar-refractivity contribution in [3.05, 3.63) is 369 Å². The summed E-state index contributed by atoms with van der Waals surface area (Å²) in [5.41, 5.74) is 27.5. The van der Waals surface area contributed by atoms with E-state index in [0.29, 0.717) is 11.1 Å². The van der Waals surface area contributed by atoms with Crippen LogP contribution in [0.1, 0.15) is 11.1 Å². The lowest BCUT2D eigenvalue weighted by Gasteiger charge is -2.46. The van der Waals surface area contributed by atoms with Gasteiger partial charge in [-0.15, -0.1) is 11.3 Å². The van der Waals surface area contributed by atoms with E-state index in [1.54, 1.807) is 0 Å². The molecule has 8 heteroatoms. The van der Waals surface area contributed by atoms with Crippen molar-refractivity contribution < 1.29 is 0 Å². The standard InChI is InChI=1S/C92H59BN6S/c94-60-62-46-50-72(51-47-62)96(70-36-18-6-19-37-70)74-54-55-80-81(58-74)98(90-75(65-28-10-2-11-29-65)41-24-42-76(90)66-30-12-3-13-31-66)83-56-69(64-26-8-1-9-27-64)57-84-88(83)93(80)89-85(99(84)91-77(67-32-14-4-15-33-67)43-25-44-78(91)68-34-16-5-17-35-68)59-82(87-79-40-22-23-45-86(79)100-92(87)89)97(71-38-20-7-21-39-71)73-52-48-63(61-95)49-53-73/h1-59H. The van der Waals surface area contributed by atoms with Gasteiger partial charge in [0.2, 0.25) is 0 Å². The van der Waals surface area contributed by atoms with Crippen LogP contribution in [-0.4, -0.2) is 6.71 Å². The number of para-hydroxylation sites is 4. The van der Waals surface area contributed by atoms with Gasteiger partial charge in [-0.25, -0.2) is 0 Å². The third-order valence-electron chi connectivity index (χ3n) is 19.7. The van der Waals surface area contributed by atoms with E-state index in [-0.39, 0.29) is 6.71 Å². The predicted octanol–water partition coefficient (Wildman–Crippen LogP) is 23.2. The lowest BCUT2D eigenvalue weighted by molar-refractivity contribution is 1.24. The van der Waals surface area contributed by atoms with E-state index in [2.05, 4.69) is 365 Å². The fraction of sp³-hybridized carbons (Fsp3) is 0. The van der Waals surface area contributed by atoms with Crippen molar-refractivity contribution in [2.45, 2.75) is 0 Å². The van der Waals surface area contributed by atoms with Crippen LogP contribution in [0.4, 0.5) is 68.2 Å². The molecule has 0 aliphatic carbocycles. The molecule has 3 heterocycles. The maximum Gasteiger partial charge on any atom is 0.254 e. The maximum absolute atomic E-state index is 10.3. The summed E-state index contributed by atoms with van der Waals surface area (Å²) in [6.07, 6.45) is 0. The SMILES string of the molecule is N#Cc1ccc(N(c2ccccc2)c2ccc3c(c2)N(c2c(-c4ccccc4)cccc2-c2ccccc2)c2cc(-c4ccccc4)cc4c2B3c2c(cc(N(c3ccccc3)c3ccc(C#N)cc3)c3c2sc2ccccc23)N4c2c(-c3ccccc3)cccc2-c2ccccc2)cc1. The summed E-state index contributed by atoms with van der Waals surface area (Å²) in [5, 5.41) is 22.8. The van der Waals surface area contributed by atoms with Crippen molar-refractivity contribution >= 4 is 123 Å². The molecule has 6 nitrogen and oxygen atoms in total.